The molecule has 0 aliphatic rings. The Bertz CT molecular complexity index is 558. The van der Waals surface area contributed by atoms with Gasteiger partial charge in [0.15, 0.2) is 0 Å². The Morgan fingerprint density at radius 1 is 1.18 bits per heavy atom. The molecule has 22 heavy (non-hydrogen) atoms. The highest BCUT2D eigenvalue weighted by Gasteiger charge is 2.09. The molecule has 0 radical (unpaired) electrons. The van der Waals surface area contributed by atoms with Gasteiger partial charge in [-0.15, -0.1) is 0 Å². The van der Waals surface area contributed by atoms with Crippen LogP contribution in [0, 0.1) is 0 Å². The number of nitrogens with zero attached hydrogens (tertiary/aromatic N) is 1. The predicted octanol–water partition coefficient (Wildman–Crippen LogP) is 2.73. The summed E-state index contributed by atoms with van der Waals surface area (Å²) >= 11 is 0. The van der Waals surface area contributed by atoms with Crippen LogP contribution in [0.25, 0.3) is 0 Å². The molecule has 0 amide bonds. The van der Waals surface area contributed by atoms with Crippen LogP contribution in [0.5, 0.6) is 5.75 Å². The molecule has 2 rings (SSSR count). The van der Waals surface area contributed by atoms with E-state index in [4.69, 9.17) is 4.74 Å². The van der Waals surface area contributed by atoms with Crippen LogP contribution in [0.2, 0.25) is 0 Å². The lowest BCUT2D eigenvalue weighted by Gasteiger charge is -2.17. The molecule has 0 aliphatic carbocycles. The minimum atomic E-state index is -0.545. The minimum absolute atomic E-state index is 0.282. The number of hydrogen-bond donors (Lipinski definition) is 2. The molecule has 0 fully saturated rings. The molecule has 118 valence electrons. The number of aromatic nitrogens is 1. The normalized spacial score (nSPS) is 12.4. The largest absolute Gasteiger partial charge is 0.491 e. The highest BCUT2D eigenvalue weighted by molar-refractivity contribution is 5.35. The molecule has 0 aliphatic heterocycles. The van der Waals surface area contributed by atoms with E-state index in [-0.39, 0.29) is 6.61 Å². The number of rotatable bonds is 8. The Labute approximate surface area is 132 Å². The average molecular weight is 300 g/mol. The number of ether oxygens (including phenoxy) is 1. The van der Waals surface area contributed by atoms with Crippen molar-refractivity contribution in [1.29, 1.82) is 0 Å². The molecule has 1 heterocycles. The van der Waals surface area contributed by atoms with E-state index in [0.717, 1.165) is 16.9 Å². The fraction of sp³-hybridized carbons (Fsp3) is 0.389. The highest BCUT2D eigenvalue weighted by Crippen LogP contribution is 2.25. The van der Waals surface area contributed by atoms with Crippen LogP contribution in [0.3, 0.4) is 0 Å². The molecule has 2 aromatic rings. The van der Waals surface area contributed by atoms with E-state index in [1.165, 1.54) is 0 Å². The zero-order chi connectivity index (χ0) is 15.8. The Morgan fingerprint density at radius 3 is 2.73 bits per heavy atom. The average Bonchev–Trinajstić information content (AvgIpc) is 2.54. The summed E-state index contributed by atoms with van der Waals surface area (Å²) in [6.45, 7) is 5.72. The number of benzene rings is 1. The lowest BCUT2D eigenvalue weighted by atomic mass is 10.0. The lowest BCUT2D eigenvalue weighted by Crippen LogP contribution is -2.31. The Balaban J connectivity index is 1.75. The third-order valence-electron chi connectivity index (χ3n) is 3.40. The molecule has 2 N–H and O–H groups in total. The van der Waals surface area contributed by atoms with Crippen molar-refractivity contribution in [3.63, 3.8) is 0 Å². The fourth-order valence-corrected chi connectivity index (χ4v) is 2.22. The van der Waals surface area contributed by atoms with Crippen molar-refractivity contribution >= 4 is 0 Å². The van der Waals surface area contributed by atoms with Gasteiger partial charge in [-0.05, 0) is 29.2 Å². The summed E-state index contributed by atoms with van der Waals surface area (Å²) < 4.78 is 5.76. The van der Waals surface area contributed by atoms with Crippen molar-refractivity contribution in [1.82, 2.24) is 10.3 Å². The molecule has 1 aromatic carbocycles. The second-order valence-electron chi connectivity index (χ2n) is 5.65. The van der Waals surface area contributed by atoms with E-state index in [2.05, 4.69) is 30.2 Å². The standard InChI is InChI=1S/C18H24N2O2/c1-14(2)17-7-3-4-8-18(17)22-13-16(21)12-20-11-15-6-5-9-19-10-15/h3-10,14,16,20-21H,11-13H2,1-2H3/t16-/m0/s1. The summed E-state index contributed by atoms with van der Waals surface area (Å²) in [6.07, 6.45) is 3.02. The number of aliphatic hydroxyl groups is 1. The Hall–Kier alpha value is -1.91. The fourth-order valence-electron chi connectivity index (χ4n) is 2.22. The Kier molecular flexibility index (Phi) is 6.37. The van der Waals surface area contributed by atoms with Crippen molar-refractivity contribution < 1.29 is 9.84 Å². The smallest absolute Gasteiger partial charge is 0.122 e. The molecule has 0 unspecified atom stereocenters. The second-order valence-corrected chi connectivity index (χ2v) is 5.65. The number of para-hydroxylation sites is 1. The van der Waals surface area contributed by atoms with Crippen molar-refractivity contribution in [2.45, 2.75) is 32.4 Å². The van der Waals surface area contributed by atoms with E-state index < -0.39 is 6.10 Å². The molecular weight excluding hydrogens is 276 g/mol. The van der Waals surface area contributed by atoms with Gasteiger partial charge in [0.2, 0.25) is 0 Å². The third kappa shape index (κ3) is 5.13. The molecule has 0 saturated carbocycles. The minimum Gasteiger partial charge on any atom is -0.491 e. The first kappa shape index (κ1) is 16.5. The molecule has 4 nitrogen and oxygen atoms in total. The molecule has 1 aromatic heterocycles. The highest BCUT2D eigenvalue weighted by atomic mass is 16.5. The molecular formula is C18H24N2O2. The van der Waals surface area contributed by atoms with Gasteiger partial charge in [0, 0.05) is 25.5 Å². The van der Waals surface area contributed by atoms with Gasteiger partial charge >= 0.3 is 0 Å². The van der Waals surface area contributed by atoms with Gasteiger partial charge in [0.05, 0.1) is 0 Å². The summed E-state index contributed by atoms with van der Waals surface area (Å²) in [5.41, 5.74) is 2.26. The van der Waals surface area contributed by atoms with E-state index in [0.29, 0.717) is 19.0 Å². The first-order valence-electron chi connectivity index (χ1n) is 7.66. The zero-order valence-corrected chi connectivity index (χ0v) is 13.2. The van der Waals surface area contributed by atoms with Crippen LogP contribution in [0.1, 0.15) is 30.9 Å². The Morgan fingerprint density at radius 2 is 2.00 bits per heavy atom. The van der Waals surface area contributed by atoms with Crippen LogP contribution in [0.15, 0.2) is 48.8 Å². The number of aliphatic hydroxyl groups excluding tert-OH is 1. The molecule has 0 bridgehead atoms. The van der Waals surface area contributed by atoms with Crippen molar-refractivity contribution in [2.75, 3.05) is 13.2 Å². The summed E-state index contributed by atoms with van der Waals surface area (Å²) in [5, 5.41) is 13.2. The maximum absolute atomic E-state index is 10.0. The number of pyridine rings is 1. The van der Waals surface area contributed by atoms with E-state index >= 15 is 0 Å². The quantitative estimate of drug-likeness (QED) is 0.787. The summed E-state index contributed by atoms with van der Waals surface area (Å²) in [7, 11) is 0. The van der Waals surface area contributed by atoms with Gasteiger partial charge < -0.3 is 15.2 Å². The SMILES string of the molecule is CC(C)c1ccccc1OC[C@@H](O)CNCc1cccnc1. The maximum Gasteiger partial charge on any atom is 0.122 e. The van der Waals surface area contributed by atoms with E-state index in [1.54, 1.807) is 6.20 Å². The van der Waals surface area contributed by atoms with Crippen LogP contribution in [-0.4, -0.2) is 29.3 Å². The van der Waals surface area contributed by atoms with E-state index in [9.17, 15) is 5.11 Å². The van der Waals surface area contributed by atoms with Crippen molar-refractivity contribution in [2.24, 2.45) is 0 Å². The van der Waals surface area contributed by atoms with Gasteiger partial charge in [-0.3, -0.25) is 4.98 Å². The van der Waals surface area contributed by atoms with Gasteiger partial charge in [-0.2, -0.15) is 0 Å². The summed E-state index contributed by atoms with van der Waals surface area (Å²) in [4.78, 5) is 4.06. The second kappa shape index (κ2) is 8.51. The predicted molar refractivity (Wildman–Crippen MR) is 88.0 cm³/mol. The zero-order valence-electron chi connectivity index (χ0n) is 13.2. The van der Waals surface area contributed by atoms with Gasteiger partial charge in [-0.25, -0.2) is 0 Å². The van der Waals surface area contributed by atoms with Crippen LogP contribution >= 0.6 is 0 Å². The third-order valence-corrected chi connectivity index (χ3v) is 3.40. The van der Waals surface area contributed by atoms with Crippen LogP contribution < -0.4 is 10.1 Å². The van der Waals surface area contributed by atoms with Gasteiger partial charge in [0.1, 0.15) is 18.5 Å². The van der Waals surface area contributed by atoms with Crippen LogP contribution in [-0.2, 0) is 6.54 Å². The number of hydrogen-bond acceptors (Lipinski definition) is 4. The van der Waals surface area contributed by atoms with Crippen molar-refractivity contribution in [3.8, 4) is 5.75 Å². The van der Waals surface area contributed by atoms with Gasteiger partial charge in [-0.1, -0.05) is 38.1 Å². The molecule has 1 atom stereocenters. The molecule has 4 heteroatoms. The number of nitrogens with one attached hydrogen (secondary N) is 1. The van der Waals surface area contributed by atoms with Crippen LogP contribution in [0.4, 0.5) is 0 Å². The van der Waals surface area contributed by atoms with Gasteiger partial charge in [0.25, 0.3) is 0 Å². The van der Waals surface area contributed by atoms with Crippen molar-refractivity contribution in [3.05, 3.63) is 59.9 Å². The maximum atomic E-state index is 10.0. The lowest BCUT2D eigenvalue weighted by molar-refractivity contribution is 0.105. The monoisotopic (exact) mass is 300 g/mol. The topological polar surface area (TPSA) is 54.4 Å². The molecule has 0 spiro atoms. The summed E-state index contributed by atoms with van der Waals surface area (Å²) in [5.74, 6) is 1.25. The first-order valence-corrected chi connectivity index (χ1v) is 7.66. The first-order chi connectivity index (χ1) is 10.7. The van der Waals surface area contributed by atoms with E-state index in [1.807, 2.05) is 36.5 Å². The molecule has 0 saturated heterocycles. The summed E-state index contributed by atoms with van der Waals surface area (Å²) in [6, 6.07) is 11.9.